The highest BCUT2D eigenvalue weighted by Gasteiger charge is 2.51. The van der Waals surface area contributed by atoms with E-state index in [2.05, 4.69) is 4.98 Å². The van der Waals surface area contributed by atoms with Crippen molar-refractivity contribution in [2.24, 2.45) is 5.92 Å². The highest BCUT2D eigenvalue weighted by Crippen LogP contribution is 2.39. The molecule has 0 saturated carbocycles. The third kappa shape index (κ3) is 3.69. The number of rotatable bonds is 5. The zero-order valence-electron chi connectivity index (χ0n) is 15.4. The van der Waals surface area contributed by atoms with Crippen molar-refractivity contribution in [1.29, 1.82) is 0 Å². The summed E-state index contributed by atoms with van der Waals surface area (Å²) >= 11 is 6.01. The number of likely N-dealkylation sites (tertiary alicyclic amines) is 1. The van der Waals surface area contributed by atoms with Gasteiger partial charge >= 0.3 is 0 Å². The molecule has 6 heteroatoms. The molecule has 1 aromatic heterocycles. The lowest BCUT2D eigenvalue weighted by Gasteiger charge is -2.27. The second kappa shape index (κ2) is 7.97. The molecule has 3 aromatic rings. The lowest BCUT2D eigenvalue weighted by atomic mass is 9.86. The summed E-state index contributed by atoms with van der Waals surface area (Å²) in [5.74, 6) is -2.83. The van der Waals surface area contributed by atoms with Crippen LogP contribution in [-0.2, 0) is 16.1 Å². The van der Waals surface area contributed by atoms with E-state index < -0.39 is 23.7 Å². The molecule has 4 rings (SSSR count). The number of carbonyl (C=O) groups is 3. The number of aromatic nitrogens is 1. The zero-order valence-corrected chi connectivity index (χ0v) is 16.1. The number of carbonyl (C=O) groups excluding carboxylic acids is 3. The quantitative estimate of drug-likeness (QED) is 0.367. The van der Waals surface area contributed by atoms with Gasteiger partial charge in [-0.05, 0) is 29.3 Å². The van der Waals surface area contributed by atoms with Gasteiger partial charge in [0.05, 0.1) is 6.04 Å². The molecular weight excluding hydrogens is 388 g/mol. The normalized spacial score (nSPS) is 18.9. The van der Waals surface area contributed by atoms with Crippen molar-refractivity contribution in [3.05, 3.63) is 101 Å². The molecule has 29 heavy (non-hydrogen) atoms. The number of nitrogens with zero attached hydrogens (tertiary/aromatic N) is 2. The second-order valence-electron chi connectivity index (χ2n) is 6.86. The van der Waals surface area contributed by atoms with Gasteiger partial charge in [-0.2, -0.15) is 0 Å². The fourth-order valence-electron chi connectivity index (χ4n) is 3.66. The van der Waals surface area contributed by atoms with Gasteiger partial charge in [0.2, 0.25) is 5.78 Å². The van der Waals surface area contributed by atoms with E-state index in [1.165, 1.54) is 4.90 Å². The van der Waals surface area contributed by atoms with Crippen molar-refractivity contribution in [1.82, 2.24) is 9.88 Å². The van der Waals surface area contributed by atoms with Crippen molar-refractivity contribution in [2.45, 2.75) is 12.6 Å². The van der Waals surface area contributed by atoms with Gasteiger partial charge < -0.3 is 4.90 Å². The Morgan fingerprint density at radius 3 is 2.34 bits per heavy atom. The maximum atomic E-state index is 13.2. The van der Waals surface area contributed by atoms with E-state index in [9.17, 15) is 14.4 Å². The lowest BCUT2D eigenvalue weighted by molar-refractivity contribution is -0.141. The predicted molar refractivity (Wildman–Crippen MR) is 108 cm³/mol. The third-order valence-electron chi connectivity index (χ3n) is 5.03. The molecule has 0 N–H and O–H groups in total. The number of ketones is 2. The average Bonchev–Trinajstić information content (AvgIpc) is 3.00. The lowest BCUT2D eigenvalue weighted by Crippen LogP contribution is -2.30. The highest BCUT2D eigenvalue weighted by atomic mass is 35.5. The molecule has 1 aliphatic heterocycles. The van der Waals surface area contributed by atoms with E-state index in [1.807, 2.05) is 6.07 Å². The molecular formula is C23H17ClN2O3. The van der Waals surface area contributed by atoms with Gasteiger partial charge in [-0.15, -0.1) is 0 Å². The molecule has 1 aliphatic rings. The molecule has 0 spiro atoms. The van der Waals surface area contributed by atoms with Gasteiger partial charge in [0.1, 0.15) is 5.92 Å². The summed E-state index contributed by atoms with van der Waals surface area (Å²) in [6, 6.07) is 18.3. The molecule has 2 unspecified atom stereocenters. The Morgan fingerprint density at radius 1 is 0.966 bits per heavy atom. The van der Waals surface area contributed by atoms with Gasteiger partial charge in [-0.1, -0.05) is 60.1 Å². The standard InChI is InChI=1S/C23H17ClN2O3/c24-18-10-8-16(9-11-18)20-19(21(27)17-6-2-1-3-7-17)22(28)23(29)26(20)14-15-5-4-12-25-13-15/h1-13,19-20H,14H2. The van der Waals surface area contributed by atoms with Crippen LogP contribution in [-0.4, -0.2) is 27.4 Å². The minimum atomic E-state index is -1.11. The molecule has 2 aromatic carbocycles. The van der Waals surface area contributed by atoms with E-state index in [0.29, 0.717) is 16.1 Å². The van der Waals surface area contributed by atoms with E-state index >= 15 is 0 Å². The van der Waals surface area contributed by atoms with E-state index in [0.717, 1.165) is 5.56 Å². The molecule has 0 aliphatic carbocycles. The maximum absolute atomic E-state index is 13.2. The van der Waals surface area contributed by atoms with Gasteiger partial charge in [-0.25, -0.2) is 0 Å². The van der Waals surface area contributed by atoms with Gasteiger partial charge in [-0.3, -0.25) is 19.4 Å². The van der Waals surface area contributed by atoms with Crippen molar-refractivity contribution >= 4 is 29.1 Å². The van der Waals surface area contributed by atoms with Gasteiger partial charge in [0.25, 0.3) is 5.91 Å². The van der Waals surface area contributed by atoms with Crippen LogP contribution in [0.3, 0.4) is 0 Å². The summed E-state index contributed by atoms with van der Waals surface area (Å²) in [4.78, 5) is 44.5. The van der Waals surface area contributed by atoms with Gasteiger partial charge in [0.15, 0.2) is 5.78 Å². The smallest absolute Gasteiger partial charge is 0.291 e. The summed E-state index contributed by atoms with van der Waals surface area (Å²) in [5.41, 5.74) is 1.87. The minimum absolute atomic E-state index is 0.185. The number of Topliss-reactive ketones (excluding diaryl/α,β-unsaturated/α-hetero) is 2. The first kappa shape index (κ1) is 19.0. The Morgan fingerprint density at radius 2 is 1.69 bits per heavy atom. The van der Waals surface area contributed by atoms with Crippen LogP contribution in [0.15, 0.2) is 79.1 Å². The Hall–Kier alpha value is -3.31. The zero-order chi connectivity index (χ0) is 20.4. The second-order valence-corrected chi connectivity index (χ2v) is 7.30. The molecule has 2 atom stereocenters. The van der Waals surface area contributed by atoms with Crippen LogP contribution in [0.2, 0.25) is 5.02 Å². The number of amides is 1. The van der Waals surface area contributed by atoms with Crippen LogP contribution in [0.1, 0.15) is 27.5 Å². The summed E-state index contributed by atoms with van der Waals surface area (Å²) < 4.78 is 0. The third-order valence-corrected chi connectivity index (χ3v) is 5.29. The molecule has 1 fully saturated rings. The van der Waals surface area contributed by atoms with Crippen molar-refractivity contribution in [3.63, 3.8) is 0 Å². The van der Waals surface area contributed by atoms with Crippen LogP contribution < -0.4 is 0 Å². The van der Waals surface area contributed by atoms with E-state index in [-0.39, 0.29) is 12.3 Å². The number of halogens is 1. The summed E-state index contributed by atoms with van der Waals surface area (Å²) in [6.07, 6.45) is 3.28. The first-order valence-electron chi connectivity index (χ1n) is 9.14. The fourth-order valence-corrected chi connectivity index (χ4v) is 3.79. The van der Waals surface area contributed by atoms with Crippen LogP contribution in [0.5, 0.6) is 0 Å². The average molecular weight is 405 g/mol. The molecule has 0 bridgehead atoms. The molecule has 5 nitrogen and oxygen atoms in total. The number of benzene rings is 2. The summed E-state index contributed by atoms with van der Waals surface area (Å²) in [7, 11) is 0. The van der Waals surface area contributed by atoms with Crippen LogP contribution in [0.25, 0.3) is 0 Å². The molecule has 1 amide bonds. The molecule has 2 heterocycles. The fraction of sp³-hybridized carbons (Fsp3) is 0.130. The van der Waals surface area contributed by atoms with Crippen LogP contribution in [0, 0.1) is 5.92 Å². The van der Waals surface area contributed by atoms with Crippen molar-refractivity contribution < 1.29 is 14.4 Å². The first-order valence-corrected chi connectivity index (χ1v) is 9.52. The SMILES string of the molecule is O=C1C(=O)N(Cc2cccnc2)C(c2ccc(Cl)cc2)C1C(=O)c1ccccc1. The number of pyridine rings is 1. The van der Waals surface area contributed by atoms with Crippen molar-refractivity contribution in [3.8, 4) is 0 Å². The van der Waals surface area contributed by atoms with Crippen molar-refractivity contribution in [2.75, 3.05) is 0 Å². The van der Waals surface area contributed by atoms with Gasteiger partial charge in [0, 0.05) is 29.5 Å². The Bertz CT molecular complexity index is 1050. The number of hydrogen-bond donors (Lipinski definition) is 0. The molecule has 144 valence electrons. The Kier molecular flexibility index (Phi) is 5.23. The summed E-state index contributed by atoms with van der Waals surface area (Å²) in [5, 5.41) is 0.536. The highest BCUT2D eigenvalue weighted by molar-refractivity contribution is 6.44. The predicted octanol–water partition coefficient (Wildman–Crippen LogP) is 3.89. The minimum Gasteiger partial charge on any atom is -0.323 e. The molecule has 0 radical (unpaired) electrons. The first-order chi connectivity index (χ1) is 14.1. The largest absolute Gasteiger partial charge is 0.323 e. The topological polar surface area (TPSA) is 67.3 Å². The van der Waals surface area contributed by atoms with E-state index in [1.54, 1.807) is 73.1 Å². The number of hydrogen-bond acceptors (Lipinski definition) is 4. The maximum Gasteiger partial charge on any atom is 0.291 e. The Labute approximate surface area is 172 Å². The summed E-state index contributed by atoms with van der Waals surface area (Å²) in [6.45, 7) is 0.185. The monoisotopic (exact) mass is 404 g/mol. The molecule has 1 saturated heterocycles. The Balaban J connectivity index is 1.78. The van der Waals surface area contributed by atoms with E-state index in [4.69, 9.17) is 11.6 Å². The van der Waals surface area contributed by atoms with Crippen LogP contribution >= 0.6 is 11.6 Å². The van der Waals surface area contributed by atoms with Crippen LogP contribution in [0.4, 0.5) is 0 Å².